The third kappa shape index (κ3) is 4.12. The smallest absolute Gasteiger partial charge is 0.318 e. The molecule has 5 nitrogen and oxygen atoms in total. The lowest BCUT2D eigenvalue weighted by molar-refractivity contribution is -0.120. The molecule has 0 spiro atoms. The minimum Gasteiger partial charge on any atom is -0.352 e. The third-order valence-electron chi connectivity index (χ3n) is 4.45. The van der Waals surface area contributed by atoms with Gasteiger partial charge in [0.25, 0.3) is 0 Å². The molecule has 1 aromatic carbocycles. The number of rotatable bonds is 3. The van der Waals surface area contributed by atoms with Gasteiger partial charge in [-0.2, -0.15) is 0 Å². The molecule has 0 radical (unpaired) electrons. The maximum atomic E-state index is 12.2. The maximum Gasteiger partial charge on any atom is 0.318 e. The Balaban J connectivity index is 1.44. The van der Waals surface area contributed by atoms with E-state index >= 15 is 0 Å². The van der Waals surface area contributed by atoms with E-state index in [1.54, 1.807) is 4.90 Å². The van der Waals surface area contributed by atoms with Gasteiger partial charge in [0.2, 0.25) is 5.91 Å². The lowest BCUT2D eigenvalue weighted by Crippen LogP contribution is -2.47. The van der Waals surface area contributed by atoms with Crippen LogP contribution in [0.25, 0.3) is 0 Å². The summed E-state index contributed by atoms with van der Waals surface area (Å²) in [5.74, 6) is -0.115. The molecule has 0 unspecified atom stereocenters. The van der Waals surface area contributed by atoms with Gasteiger partial charge in [-0.05, 0) is 36.8 Å². The van der Waals surface area contributed by atoms with E-state index in [1.807, 2.05) is 12.1 Å². The van der Waals surface area contributed by atoms with Crippen molar-refractivity contribution in [1.29, 1.82) is 0 Å². The molecule has 0 saturated heterocycles. The average Bonchev–Trinajstić information content (AvgIpc) is 2.60. The summed E-state index contributed by atoms with van der Waals surface area (Å²) >= 11 is 0. The summed E-state index contributed by atoms with van der Waals surface area (Å²) in [5.41, 5.74) is 2.49. The van der Waals surface area contributed by atoms with Gasteiger partial charge in [-0.25, -0.2) is 4.79 Å². The van der Waals surface area contributed by atoms with Crippen LogP contribution in [-0.2, 0) is 17.8 Å². The SMILES string of the molecule is O=C(CNC(=O)N1CCc2ccccc2C1)N[C@H]1CC=CCC1. The quantitative estimate of drug-likeness (QED) is 0.838. The van der Waals surface area contributed by atoms with Crippen LogP contribution in [-0.4, -0.2) is 36.0 Å². The highest BCUT2D eigenvalue weighted by Gasteiger charge is 2.21. The van der Waals surface area contributed by atoms with E-state index in [0.717, 1.165) is 25.7 Å². The molecule has 1 aromatic rings. The maximum absolute atomic E-state index is 12.2. The Bertz CT molecular complexity index is 612. The molecule has 1 heterocycles. The van der Waals surface area contributed by atoms with Crippen molar-refractivity contribution in [3.8, 4) is 0 Å². The van der Waals surface area contributed by atoms with Crippen LogP contribution >= 0.6 is 0 Å². The summed E-state index contributed by atoms with van der Waals surface area (Å²) in [5, 5.41) is 5.70. The van der Waals surface area contributed by atoms with E-state index in [0.29, 0.717) is 13.1 Å². The normalized spacial score (nSPS) is 19.8. The van der Waals surface area contributed by atoms with Crippen LogP contribution in [0.1, 0.15) is 30.4 Å². The first-order chi connectivity index (χ1) is 11.2. The molecule has 2 aliphatic rings. The highest BCUT2D eigenvalue weighted by molar-refractivity contribution is 5.84. The van der Waals surface area contributed by atoms with Crippen molar-refractivity contribution in [2.24, 2.45) is 0 Å². The second-order valence-corrected chi connectivity index (χ2v) is 6.15. The number of hydrogen-bond donors (Lipinski definition) is 2. The van der Waals surface area contributed by atoms with Gasteiger partial charge in [0.1, 0.15) is 0 Å². The fourth-order valence-corrected chi connectivity index (χ4v) is 3.14. The molecule has 3 amide bonds. The molecule has 3 rings (SSSR count). The molecule has 0 saturated carbocycles. The summed E-state index contributed by atoms with van der Waals surface area (Å²) in [4.78, 5) is 25.9. The Labute approximate surface area is 136 Å². The molecule has 1 aliphatic heterocycles. The van der Waals surface area contributed by atoms with Crippen molar-refractivity contribution in [1.82, 2.24) is 15.5 Å². The molecule has 122 valence electrons. The molecule has 1 aliphatic carbocycles. The second kappa shape index (κ2) is 7.31. The predicted octanol–water partition coefficient (Wildman–Crippen LogP) is 1.98. The summed E-state index contributed by atoms with van der Waals surface area (Å²) in [6.45, 7) is 1.34. The van der Waals surface area contributed by atoms with Crippen molar-refractivity contribution in [2.45, 2.75) is 38.3 Å². The van der Waals surface area contributed by atoms with Gasteiger partial charge in [-0.1, -0.05) is 36.4 Å². The second-order valence-electron chi connectivity index (χ2n) is 6.15. The Kier molecular flexibility index (Phi) is 4.95. The number of amides is 3. The molecular weight excluding hydrogens is 290 g/mol. The number of carbonyl (C=O) groups excluding carboxylic acids is 2. The number of carbonyl (C=O) groups is 2. The van der Waals surface area contributed by atoms with Crippen molar-refractivity contribution in [2.75, 3.05) is 13.1 Å². The van der Waals surface area contributed by atoms with Gasteiger partial charge in [-0.15, -0.1) is 0 Å². The molecule has 0 aromatic heterocycles. The number of nitrogens with zero attached hydrogens (tertiary/aromatic N) is 1. The first-order valence-electron chi connectivity index (χ1n) is 8.26. The van der Waals surface area contributed by atoms with Crippen LogP contribution in [0.4, 0.5) is 4.79 Å². The fourth-order valence-electron chi connectivity index (χ4n) is 3.14. The van der Waals surface area contributed by atoms with Gasteiger partial charge in [0.05, 0.1) is 6.54 Å². The molecule has 1 atom stereocenters. The minimum atomic E-state index is -0.168. The van der Waals surface area contributed by atoms with E-state index < -0.39 is 0 Å². The summed E-state index contributed by atoms with van der Waals surface area (Å²) in [7, 11) is 0. The van der Waals surface area contributed by atoms with E-state index in [2.05, 4.69) is 34.9 Å². The zero-order valence-corrected chi connectivity index (χ0v) is 13.3. The number of fused-ring (bicyclic) bond motifs is 1. The van der Waals surface area contributed by atoms with Crippen LogP contribution in [0, 0.1) is 0 Å². The van der Waals surface area contributed by atoms with Crippen molar-refractivity contribution in [3.63, 3.8) is 0 Å². The Hall–Kier alpha value is -2.30. The molecule has 0 fully saturated rings. The van der Waals surface area contributed by atoms with Gasteiger partial charge < -0.3 is 15.5 Å². The van der Waals surface area contributed by atoms with Crippen LogP contribution in [0.2, 0.25) is 0 Å². The Morgan fingerprint density at radius 1 is 1.17 bits per heavy atom. The van der Waals surface area contributed by atoms with E-state index in [-0.39, 0.29) is 24.5 Å². The largest absolute Gasteiger partial charge is 0.352 e. The number of allylic oxidation sites excluding steroid dienone is 1. The zero-order valence-electron chi connectivity index (χ0n) is 13.3. The van der Waals surface area contributed by atoms with E-state index in [4.69, 9.17) is 0 Å². The summed E-state index contributed by atoms with van der Waals surface area (Å²) in [6.07, 6.45) is 7.95. The zero-order chi connectivity index (χ0) is 16.1. The summed E-state index contributed by atoms with van der Waals surface area (Å²) in [6, 6.07) is 8.21. The van der Waals surface area contributed by atoms with Gasteiger partial charge in [0, 0.05) is 19.1 Å². The first kappa shape index (κ1) is 15.6. The van der Waals surface area contributed by atoms with Crippen molar-refractivity contribution < 1.29 is 9.59 Å². The van der Waals surface area contributed by atoms with Crippen LogP contribution in [0.5, 0.6) is 0 Å². The highest BCUT2D eigenvalue weighted by Crippen LogP contribution is 2.18. The molecule has 0 bridgehead atoms. The van der Waals surface area contributed by atoms with Gasteiger partial charge in [0.15, 0.2) is 0 Å². The van der Waals surface area contributed by atoms with E-state index in [9.17, 15) is 9.59 Å². The standard InChI is InChI=1S/C18H23N3O2/c22-17(20-16-8-2-1-3-9-16)12-19-18(23)21-11-10-14-6-4-5-7-15(14)13-21/h1-2,4-7,16H,3,8-13H2,(H,19,23)(H,20,22)/t16-/m0/s1. The van der Waals surface area contributed by atoms with Crippen molar-refractivity contribution >= 4 is 11.9 Å². The number of nitrogens with one attached hydrogen (secondary N) is 2. The molecule has 5 heteroatoms. The third-order valence-corrected chi connectivity index (χ3v) is 4.45. The molecule has 2 N–H and O–H groups in total. The van der Waals surface area contributed by atoms with Gasteiger partial charge >= 0.3 is 6.03 Å². The number of benzene rings is 1. The Morgan fingerprint density at radius 2 is 2.00 bits per heavy atom. The van der Waals surface area contributed by atoms with Crippen molar-refractivity contribution in [3.05, 3.63) is 47.5 Å². The number of hydrogen-bond acceptors (Lipinski definition) is 2. The lowest BCUT2D eigenvalue weighted by Gasteiger charge is -2.29. The Morgan fingerprint density at radius 3 is 2.78 bits per heavy atom. The molecular formula is C18H23N3O2. The monoisotopic (exact) mass is 313 g/mol. The predicted molar refractivity (Wildman–Crippen MR) is 88.9 cm³/mol. The topological polar surface area (TPSA) is 61.4 Å². The lowest BCUT2D eigenvalue weighted by atomic mass is 10.0. The van der Waals surface area contributed by atoms with Crippen LogP contribution < -0.4 is 10.6 Å². The molecule has 23 heavy (non-hydrogen) atoms. The minimum absolute atomic E-state index is 0.0389. The first-order valence-corrected chi connectivity index (χ1v) is 8.26. The van der Waals surface area contributed by atoms with Crippen LogP contribution in [0.3, 0.4) is 0 Å². The van der Waals surface area contributed by atoms with E-state index in [1.165, 1.54) is 11.1 Å². The average molecular weight is 313 g/mol. The summed E-state index contributed by atoms with van der Waals surface area (Å²) < 4.78 is 0. The van der Waals surface area contributed by atoms with Gasteiger partial charge in [-0.3, -0.25) is 4.79 Å². The fraction of sp³-hybridized carbons (Fsp3) is 0.444. The highest BCUT2D eigenvalue weighted by atomic mass is 16.2. The number of urea groups is 1. The van der Waals surface area contributed by atoms with Crippen LogP contribution in [0.15, 0.2) is 36.4 Å².